The molecule has 1 aliphatic carbocycles. The number of halogens is 3. The summed E-state index contributed by atoms with van der Waals surface area (Å²) in [6.45, 7) is 0. The fourth-order valence-electron chi connectivity index (χ4n) is 2.45. The molecule has 1 fully saturated rings. The highest BCUT2D eigenvalue weighted by atomic mass is 19.4. The zero-order valence-corrected chi connectivity index (χ0v) is 8.80. The van der Waals surface area contributed by atoms with Gasteiger partial charge in [-0.2, -0.15) is 13.2 Å². The van der Waals surface area contributed by atoms with Crippen LogP contribution >= 0.6 is 0 Å². The van der Waals surface area contributed by atoms with E-state index in [1.54, 1.807) is 12.1 Å². The molecule has 1 saturated carbocycles. The lowest BCUT2D eigenvalue weighted by Crippen LogP contribution is -2.25. The third kappa shape index (κ3) is 2.07. The summed E-state index contributed by atoms with van der Waals surface area (Å²) < 4.78 is 38.4. The second-order valence-corrected chi connectivity index (χ2v) is 4.29. The van der Waals surface area contributed by atoms with Gasteiger partial charge in [0.2, 0.25) is 0 Å². The molecule has 1 aromatic rings. The summed E-state index contributed by atoms with van der Waals surface area (Å²) in [5.41, 5.74) is 5.69. The Balaban J connectivity index is 2.40. The maximum absolute atomic E-state index is 12.8. The maximum atomic E-state index is 12.8. The highest BCUT2D eigenvalue weighted by Gasteiger charge is 2.37. The van der Waals surface area contributed by atoms with Crippen LogP contribution in [0.25, 0.3) is 0 Å². The Labute approximate surface area is 92.5 Å². The molecule has 2 N–H and O–H groups in total. The van der Waals surface area contributed by atoms with Crippen LogP contribution in [-0.2, 0) is 6.18 Å². The molecular formula is C12H14F3N. The molecule has 4 heteroatoms. The average molecular weight is 229 g/mol. The van der Waals surface area contributed by atoms with E-state index in [1.807, 2.05) is 0 Å². The third-order valence-electron chi connectivity index (χ3n) is 3.24. The van der Waals surface area contributed by atoms with Gasteiger partial charge in [-0.05, 0) is 30.4 Å². The summed E-state index contributed by atoms with van der Waals surface area (Å²) in [6, 6.07) is 5.63. The molecule has 0 aliphatic heterocycles. The van der Waals surface area contributed by atoms with Crippen LogP contribution in [0.5, 0.6) is 0 Å². The monoisotopic (exact) mass is 229 g/mol. The van der Waals surface area contributed by atoms with Gasteiger partial charge in [0.1, 0.15) is 0 Å². The van der Waals surface area contributed by atoms with Gasteiger partial charge in [-0.15, -0.1) is 0 Å². The highest BCUT2D eigenvalue weighted by Crippen LogP contribution is 2.40. The second-order valence-electron chi connectivity index (χ2n) is 4.29. The summed E-state index contributed by atoms with van der Waals surface area (Å²) >= 11 is 0. The van der Waals surface area contributed by atoms with Gasteiger partial charge in [0.05, 0.1) is 5.56 Å². The normalized spacial score (nSPS) is 26.0. The van der Waals surface area contributed by atoms with Crippen molar-refractivity contribution in [3.63, 3.8) is 0 Å². The van der Waals surface area contributed by atoms with E-state index in [0.29, 0.717) is 5.56 Å². The largest absolute Gasteiger partial charge is 0.416 e. The smallest absolute Gasteiger partial charge is 0.327 e. The molecule has 1 aromatic carbocycles. The van der Waals surface area contributed by atoms with Crippen molar-refractivity contribution in [1.29, 1.82) is 0 Å². The summed E-state index contributed by atoms with van der Waals surface area (Å²) in [7, 11) is 0. The number of benzene rings is 1. The molecule has 0 spiro atoms. The number of hydrogen-bond donors (Lipinski definition) is 1. The van der Waals surface area contributed by atoms with Crippen molar-refractivity contribution in [1.82, 2.24) is 0 Å². The van der Waals surface area contributed by atoms with Gasteiger partial charge in [0.15, 0.2) is 0 Å². The number of alkyl halides is 3. The molecule has 0 saturated heterocycles. The van der Waals surface area contributed by atoms with Gasteiger partial charge < -0.3 is 5.73 Å². The molecule has 0 aromatic heterocycles. The number of rotatable bonds is 1. The van der Waals surface area contributed by atoms with Gasteiger partial charge >= 0.3 is 6.18 Å². The molecule has 2 atom stereocenters. The van der Waals surface area contributed by atoms with E-state index in [-0.39, 0.29) is 12.0 Å². The van der Waals surface area contributed by atoms with E-state index in [2.05, 4.69) is 0 Å². The molecule has 0 unspecified atom stereocenters. The molecule has 2 rings (SSSR count). The molecule has 16 heavy (non-hydrogen) atoms. The molecule has 0 radical (unpaired) electrons. The van der Waals surface area contributed by atoms with Crippen LogP contribution in [0, 0.1) is 0 Å². The standard InChI is InChI=1S/C12H14F3N/c13-12(14,15)10-6-2-1-4-8(10)9-5-3-7-11(9)16/h1-2,4,6,9,11H,3,5,7,16H2/t9-,11-/m1/s1. The molecule has 1 nitrogen and oxygen atoms in total. The summed E-state index contributed by atoms with van der Waals surface area (Å²) in [5, 5.41) is 0. The average Bonchev–Trinajstić information content (AvgIpc) is 2.63. The van der Waals surface area contributed by atoms with E-state index in [0.717, 1.165) is 25.3 Å². The summed E-state index contributed by atoms with van der Waals surface area (Å²) in [5.74, 6) is -0.141. The van der Waals surface area contributed by atoms with Crippen molar-refractivity contribution in [2.24, 2.45) is 5.73 Å². The van der Waals surface area contributed by atoms with Crippen molar-refractivity contribution in [2.75, 3.05) is 0 Å². The minimum absolute atomic E-state index is 0.136. The summed E-state index contributed by atoms with van der Waals surface area (Å²) in [4.78, 5) is 0. The Morgan fingerprint density at radius 1 is 1.12 bits per heavy atom. The fraction of sp³-hybridized carbons (Fsp3) is 0.500. The Hall–Kier alpha value is -1.03. The van der Waals surface area contributed by atoms with Crippen LogP contribution in [-0.4, -0.2) is 6.04 Å². The van der Waals surface area contributed by atoms with Gasteiger partial charge in [0.25, 0.3) is 0 Å². The van der Waals surface area contributed by atoms with Crippen molar-refractivity contribution < 1.29 is 13.2 Å². The van der Waals surface area contributed by atoms with Crippen LogP contribution in [0.1, 0.15) is 36.3 Å². The van der Waals surface area contributed by atoms with E-state index in [9.17, 15) is 13.2 Å². The number of nitrogens with two attached hydrogens (primary N) is 1. The first-order valence-electron chi connectivity index (χ1n) is 5.42. The fourth-order valence-corrected chi connectivity index (χ4v) is 2.45. The van der Waals surface area contributed by atoms with E-state index >= 15 is 0 Å². The van der Waals surface area contributed by atoms with Gasteiger partial charge in [-0.3, -0.25) is 0 Å². The molecule has 0 heterocycles. The Morgan fingerprint density at radius 2 is 1.81 bits per heavy atom. The first-order valence-corrected chi connectivity index (χ1v) is 5.42. The van der Waals surface area contributed by atoms with Crippen molar-refractivity contribution >= 4 is 0 Å². The first-order chi connectivity index (χ1) is 7.50. The van der Waals surface area contributed by atoms with Gasteiger partial charge in [-0.1, -0.05) is 24.6 Å². The van der Waals surface area contributed by atoms with Crippen molar-refractivity contribution in [3.8, 4) is 0 Å². The minimum atomic E-state index is -4.28. The van der Waals surface area contributed by atoms with Crippen LogP contribution < -0.4 is 5.73 Å². The molecule has 0 bridgehead atoms. The summed E-state index contributed by atoms with van der Waals surface area (Å²) in [6.07, 6.45) is -1.79. The zero-order valence-electron chi connectivity index (χ0n) is 8.80. The molecular weight excluding hydrogens is 215 g/mol. The second kappa shape index (κ2) is 4.09. The van der Waals surface area contributed by atoms with E-state index < -0.39 is 11.7 Å². The topological polar surface area (TPSA) is 26.0 Å². The van der Waals surface area contributed by atoms with Gasteiger partial charge in [-0.25, -0.2) is 0 Å². The molecule has 88 valence electrons. The number of hydrogen-bond acceptors (Lipinski definition) is 1. The molecule has 0 amide bonds. The van der Waals surface area contributed by atoms with Crippen LogP contribution in [0.15, 0.2) is 24.3 Å². The van der Waals surface area contributed by atoms with Crippen LogP contribution in [0.4, 0.5) is 13.2 Å². The maximum Gasteiger partial charge on any atom is 0.416 e. The zero-order chi connectivity index (χ0) is 11.8. The quantitative estimate of drug-likeness (QED) is 0.785. The Morgan fingerprint density at radius 3 is 2.38 bits per heavy atom. The van der Waals surface area contributed by atoms with Gasteiger partial charge in [0, 0.05) is 6.04 Å². The predicted molar refractivity (Wildman–Crippen MR) is 56.0 cm³/mol. The molecule has 1 aliphatic rings. The van der Waals surface area contributed by atoms with E-state index in [4.69, 9.17) is 5.73 Å². The highest BCUT2D eigenvalue weighted by molar-refractivity contribution is 5.34. The lowest BCUT2D eigenvalue weighted by Gasteiger charge is -2.20. The van der Waals surface area contributed by atoms with Crippen molar-refractivity contribution in [2.45, 2.75) is 37.4 Å². The van der Waals surface area contributed by atoms with Crippen LogP contribution in [0.3, 0.4) is 0 Å². The Kier molecular flexibility index (Phi) is 2.93. The SMILES string of the molecule is N[C@@H]1CCC[C@@H]1c1ccccc1C(F)(F)F. The predicted octanol–water partition coefficient (Wildman–Crippen LogP) is 3.30. The lowest BCUT2D eigenvalue weighted by molar-refractivity contribution is -0.138. The van der Waals surface area contributed by atoms with Crippen LogP contribution in [0.2, 0.25) is 0 Å². The minimum Gasteiger partial charge on any atom is -0.327 e. The van der Waals surface area contributed by atoms with E-state index in [1.165, 1.54) is 6.07 Å². The first kappa shape index (κ1) is 11.5. The third-order valence-corrected chi connectivity index (χ3v) is 3.24. The Bertz CT molecular complexity index is 373. The lowest BCUT2D eigenvalue weighted by atomic mass is 9.90. The van der Waals surface area contributed by atoms with Crippen molar-refractivity contribution in [3.05, 3.63) is 35.4 Å².